The number of H-pyrrole nitrogens is 1. The van der Waals surface area contributed by atoms with E-state index in [1.54, 1.807) is 0 Å². The maximum atomic E-state index is 11.5. The molecule has 1 heterocycles. The zero-order chi connectivity index (χ0) is 15.1. The predicted molar refractivity (Wildman–Crippen MR) is 81.4 cm³/mol. The molecule has 2 rings (SSSR count). The minimum atomic E-state index is -0.411. The normalized spacial score (nSPS) is 10.3. The molecule has 1 aromatic carbocycles. The minimum absolute atomic E-state index is 0.276. The second-order valence-electron chi connectivity index (χ2n) is 4.57. The van der Waals surface area contributed by atoms with Crippen LogP contribution in [-0.2, 0) is 17.9 Å². The third-order valence-electron chi connectivity index (χ3n) is 2.99. The number of aryl methyl sites for hydroxylation is 1. The molecule has 2 aromatic rings. The summed E-state index contributed by atoms with van der Waals surface area (Å²) in [5.74, 6) is 0.839. The molecule has 0 aliphatic rings. The fourth-order valence-electron chi connectivity index (χ4n) is 1.86. The first-order chi connectivity index (χ1) is 10.2. The third-order valence-corrected chi connectivity index (χ3v) is 3.30. The van der Waals surface area contributed by atoms with E-state index in [0.717, 1.165) is 17.8 Å². The summed E-state index contributed by atoms with van der Waals surface area (Å²) in [6.07, 6.45) is 0.348. The topological polar surface area (TPSA) is 71.9 Å². The van der Waals surface area contributed by atoms with Gasteiger partial charge >= 0.3 is 6.09 Å². The molecule has 0 radical (unpaired) electrons. The Hall–Kier alpha value is -2.15. The number of carbonyl (C=O) groups excluding carboxylic acids is 1. The van der Waals surface area contributed by atoms with Crippen LogP contribution < -0.4 is 5.32 Å². The molecule has 0 saturated heterocycles. The molecule has 6 nitrogen and oxygen atoms in total. The van der Waals surface area contributed by atoms with Crippen molar-refractivity contribution in [2.45, 2.75) is 26.5 Å². The second kappa shape index (κ2) is 7.58. The molecule has 21 heavy (non-hydrogen) atoms. The van der Waals surface area contributed by atoms with Crippen molar-refractivity contribution in [1.29, 1.82) is 0 Å². The number of amides is 1. The maximum absolute atomic E-state index is 11.5. The number of ether oxygens (including phenoxy) is 1. The van der Waals surface area contributed by atoms with Crippen LogP contribution >= 0.6 is 12.2 Å². The van der Waals surface area contributed by atoms with Crippen molar-refractivity contribution < 1.29 is 9.53 Å². The van der Waals surface area contributed by atoms with Crippen LogP contribution in [0.5, 0.6) is 0 Å². The number of aromatic nitrogens is 3. The summed E-state index contributed by atoms with van der Waals surface area (Å²) in [5, 5.41) is 9.47. The Morgan fingerprint density at radius 1 is 1.43 bits per heavy atom. The second-order valence-corrected chi connectivity index (χ2v) is 4.96. The van der Waals surface area contributed by atoms with E-state index in [2.05, 4.69) is 15.5 Å². The monoisotopic (exact) mass is 306 g/mol. The van der Waals surface area contributed by atoms with Gasteiger partial charge in [-0.3, -0.25) is 5.10 Å². The van der Waals surface area contributed by atoms with Crippen LogP contribution in [0.4, 0.5) is 4.79 Å². The molecule has 0 aliphatic carbocycles. The van der Waals surface area contributed by atoms with E-state index in [4.69, 9.17) is 17.0 Å². The summed E-state index contributed by atoms with van der Waals surface area (Å²) < 4.78 is 7.61. The minimum Gasteiger partial charge on any atom is -0.445 e. The first kappa shape index (κ1) is 15.2. The SMILES string of the molecule is Cc1n[nH]c(=S)n1CCCNC(=O)OCc1ccccc1. The Morgan fingerprint density at radius 2 is 2.19 bits per heavy atom. The molecule has 0 fully saturated rings. The standard InChI is InChI=1S/C14H18N4O2S/c1-11-16-17-13(21)18(11)9-5-8-15-14(19)20-10-12-6-3-2-4-7-12/h2-4,6-7H,5,8-10H2,1H3,(H,15,19)(H,17,21). The summed E-state index contributed by atoms with van der Waals surface area (Å²) >= 11 is 5.10. The first-order valence-electron chi connectivity index (χ1n) is 6.73. The average Bonchev–Trinajstić information content (AvgIpc) is 2.82. The van der Waals surface area contributed by atoms with Gasteiger partial charge in [0, 0.05) is 13.1 Å². The van der Waals surface area contributed by atoms with E-state index < -0.39 is 6.09 Å². The van der Waals surface area contributed by atoms with E-state index in [-0.39, 0.29) is 6.61 Å². The number of aromatic amines is 1. The predicted octanol–water partition coefficient (Wildman–Crippen LogP) is 2.57. The van der Waals surface area contributed by atoms with Gasteiger partial charge in [-0.1, -0.05) is 30.3 Å². The van der Waals surface area contributed by atoms with Gasteiger partial charge in [-0.2, -0.15) is 5.10 Å². The molecule has 112 valence electrons. The van der Waals surface area contributed by atoms with Crippen LogP contribution in [0.3, 0.4) is 0 Å². The third kappa shape index (κ3) is 4.71. The molecule has 0 spiro atoms. The van der Waals surface area contributed by atoms with Crippen LogP contribution in [0, 0.1) is 11.7 Å². The quantitative estimate of drug-likeness (QED) is 0.635. The zero-order valence-electron chi connectivity index (χ0n) is 11.8. The first-order valence-corrected chi connectivity index (χ1v) is 7.14. The number of nitrogens with zero attached hydrogens (tertiary/aromatic N) is 2. The molecule has 0 atom stereocenters. The number of rotatable bonds is 6. The lowest BCUT2D eigenvalue weighted by molar-refractivity contribution is 0.139. The van der Waals surface area contributed by atoms with Crippen molar-refractivity contribution in [3.63, 3.8) is 0 Å². The molecular formula is C14H18N4O2S. The largest absolute Gasteiger partial charge is 0.445 e. The summed E-state index contributed by atoms with van der Waals surface area (Å²) in [5.41, 5.74) is 0.966. The lowest BCUT2D eigenvalue weighted by Gasteiger charge is -2.07. The Labute approximate surface area is 128 Å². The molecule has 0 aliphatic heterocycles. The van der Waals surface area contributed by atoms with E-state index in [1.165, 1.54) is 0 Å². The number of benzene rings is 1. The van der Waals surface area contributed by atoms with Crippen LogP contribution in [-0.4, -0.2) is 27.4 Å². The Bertz CT molecular complexity index is 636. The number of nitrogens with one attached hydrogen (secondary N) is 2. The van der Waals surface area contributed by atoms with E-state index >= 15 is 0 Å². The lowest BCUT2D eigenvalue weighted by atomic mass is 10.2. The summed E-state index contributed by atoms with van der Waals surface area (Å²) in [6, 6.07) is 9.57. The number of hydrogen-bond donors (Lipinski definition) is 2. The van der Waals surface area contributed by atoms with Gasteiger partial charge in [-0.15, -0.1) is 0 Å². The van der Waals surface area contributed by atoms with Gasteiger partial charge in [0.25, 0.3) is 0 Å². The summed E-state index contributed by atoms with van der Waals surface area (Å²) in [7, 11) is 0. The van der Waals surface area contributed by atoms with E-state index in [0.29, 0.717) is 17.9 Å². The van der Waals surface area contributed by atoms with Crippen molar-refractivity contribution in [3.05, 3.63) is 46.5 Å². The highest BCUT2D eigenvalue weighted by atomic mass is 32.1. The highest BCUT2D eigenvalue weighted by molar-refractivity contribution is 7.71. The lowest BCUT2D eigenvalue weighted by Crippen LogP contribution is -2.26. The smallest absolute Gasteiger partial charge is 0.407 e. The van der Waals surface area contributed by atoms with Gasteiger partial charge in [0.1, 0.15) is 12.4 Å². The van der Waals surface area contributed by atoms with Gasteiger partial charge in [0.15, 0.2) is 4.77 Å². The molecule has 1 aromatic heterocycles. The van der Waals surface area contributed by atoms with Crippen LogP contribution in [0.2, 0.25) is 0 Å². The number of carbonyl (C=O) groups is 1. The van der Waals surface area contributed by atoms with Gasteiger partial charge in [-0.05, 0) is 31.1 Å². The molecule has 0 bridgehead atoms. The number of hydrogen-bond acceptors (Lipinski definition) is 4. The van der Waals surface area contributed by atoms with Crippen molar-refractivity contribution >= 4 is 18.3 Å². The number of alkyl carbamates (subject to hydrolysis) is 1. The molecule has 1 amide bonds. The van der Waals surface area contributed by atoms with Gasteiger partial charge in [0.05, 0.1) is 0 Å². The van der Waals surface area contributed by atoms with Gasteiger partial charge in [-0.25, -0.2) is 4.79 Å². The van der Waals surface area contributed by atoms with Gasteiger partial charge < -0.3 is 14.6 Å². The fraction of sp³-hybridized carbons (Fsp3) is 0.357. The summed E-state index contributed by atoms with van der Waals surface area (Å²) in [6.45, 7) is 3.40. The average molecular weight is 306 g/mol. The maximum Gasteiger partial charge on any atom is 0.407 e. The Balaban J connectivity index is 1.65. The fourth-order valence-corrected chi connectivity index (χ4v) is 2.13. The molecule has 2 N–H and O–H groups in total. The van der Waals surface area contributed by atoms with Crippen LogP contribution in [0.25, 0.3) is 0 Å². The van der Waals surface area contributed by atoms with Crippen LogP contribution in [0.1, 0.15) is 17.8 Å². The molecule has 0 unspecified atom stereocenters. The molecule has 7 heteroatoms. The zero-order valence-corrected chi connectivity index (χ0v) is 12.7. The van der Waals surface area contributed by atoms with E-state index in [1.807, 2.05) is 41.8 Å². The van der Waals surface area contributed by atoms with Gasteiger partial charge in [0.2, 0.25) is 0 Å². The highest BCUT2D eigenvalue weighted by Crippen LogP contribution is 2.01. The Morgan fingerprint density at radius 3 is 2.86 bits per heavy atom. The highest BCUT2D eigenvalue weighted by Gasteiger charge is 2.03. The van der Waals surface area contributed by atoms with Crippen molar-refractivity contribution in [1.82, 2.24) is 20.1 Å². The summed E-state index contributed by atoms with van der Waals surface area (Å²) in [4.78, 5) is 11.5. The van der Waals surface area contributed by atoms with Crippen LogP contribution in [0.15, 0.2) is 30.3 Å². The van der Waals surface area contributed by atoms with E-state index in [9.17, 15) is 4.79 Å². The molecule has 0 saturated carbocycles. The van der Waals surface area contributed by atoms with Crippen molar-refractivity contribution in [2.75, 3.05) is 6.54 Å². The Kier molecular flexibility index (Phi) is 5.51. The van der Waals surface area contributed by atoms with Crippen molar-refractivity contribution in [3.8, 4) is 0 Å². The molecular weight excluding hydrogens is 288 g/mol. The van der Waals surface area contributed by atoms with Crippen molar-refractivity contribution in [2.24, 2.45) is 0 Å².